The Morgan fingerprint density at radius 1 is 1.29 bits per heavy atom. The topological polar surface area (TPSA) is 54.4 Å². The fourth-order valence-corrected chi connectivity index (χ4v) is 1.14. The molecule has 0 atom stereocenters. The monoisotopic (exact) mass is 192 g/mol. The second-order valence-corrected chi connectivity index (χ2v) is 3.08. The van der Waals surface area contributed by atoms with Crippen molar-refractivity contribution in [3.8, 4) is 5.75 Å². The number of aldehydes is 1. The lowest BCUT2D eigenvalue weighted by Gasteiger charge is -1.99. The summed E-state index contributed by atoms with van der Waals surface area (Å²) in [5, 5.41) is 9.01. The lowest BCUT2D eigenvalue weighted by atomic mass is 10.1. The first-order valence-corrected chi connectivity index (χ1v) is 4.45. The Hall–Kier alpha value is -1.64. The van der Waals surface area contributed by atoms with Gasteiger partial charge in [-0.3, -0.25) is 4.79 Å². The first-order valence-electron chi connectivity index (χ1n) is 4.45. The lowest BCUT2D eigenvalue weighted by molar-refractivity contribution is -0.122. The van der Waals surface area contributed by atoms with Gasteiger partial charge in [0.2, 0.25) is 0 Å². The van der Waals surface area contributed by atoms with E-state index in [1.807, 2.05) is 0 Å². The maximum Gasteiger partial charge on any atom is 0.140 e. The molecule has 3 heteroatoms. The number of phenolic OH excluding ortho intramolecular Hbond substituents is 1. The number of phenols is 1. The average Bonchev–Trinajstić information content (AvgIpc) is 2.17. The number of carbonyl (C=O) groups excluding carboxylic acids is 2. The first kappa shape index (κ1) is 10.4. The number of aryl methyl sites for hydroxylation is 1. The zero-order chi connectivity index (χ0) is 10.4. The van der Waals surface area contributed by atoms with Crippen molar-refractivity contribution in [1.82, 2.24) is 0 Å². The minimum absolute atomic E-state index is 0.00190. The van der Waals surface area contributed by atoms with Gasteiger partial charge in [0.05, 0.1) is 6.42 Å². The van der Waals surface area contributed by atoms with Crippen LogP contribution in [0.15, 0.2) is 24.3 Å². The molecule has 0 spiro atoms. The van der Waals surface area contributed by atoms with Gasteiger partial charge in [-0.15, -0.1) is 0 Å². The van der Waals surface area contributed by atoms with Gasteiger partial charge in [0.25, 0.3) is 0 Å². The second-order valence-electron chi connectivity index (χ2n) is 3.08. The number of benzene rings is 1. The van der Waals surface area contributed by atoms with Crippen molar-refractivity contribution >= 4 is 12.1 Å². The molecule has 0 heterocycles. The number of rotatable bonds is 5. The predicted octanol–water partition coefficient (Wildman–Crippen LogP) is 1.48. The molecule has 14 heavy (non-hydrogen) atoms. The molecular weight excluding hydrogens is 180 g/mol. The van der Waals surface area contributed by atoms with Gasteiger partial charge in [0, 0.05) is 6.42 Å². The third kappa shape index (κ3) is 3.39. The zero-order valence-corrected chi connectivity index (χ0v) is 7.77. The summed E-state index contributed by atoms with van der Waals surface area (Å²) >= 11 is 0. The summed E-state index contributed by atoms with van der Waals surface area (Å²) < 4.78 is 0. The molecule has 0 aliphatic rings. The summed E-state index contributed by atoms with van der Waals surface area (Å²) in [7, 11) is 0. The molecule has 0 saturated heterocycles. The SMILES string of the molecule is O=CCC(=O)CCc1ccc(O)cc1. The molecule has 1 N–H and O–H groups in total. The van der Waals surface area contributed by atoms with E-state index in [9.17, 15) is 9.59 Å². The Morgan fingerprint density at radius 3 is 2.50 bits per heavy atom. The van der Waals surface area contributed by atoms with E-state index < -0.39 is 0 Å². The van der Waals surface area contributed by atoms with E-state index >= 15 is 0 Å². The molecule has 0 bridgehead atoms. The molecule has 74 valence electrons. The Kier molecular flexibility index (Phi) is 3.85. The van der Waals surface area contributed by atoms with Gasteiger partial charge in [-0.05, 0) is 24.1 Å². The highest BCUT2D eigenvalue weighted by Crippen LogP contribution is 2.11. The van der Waals surface area contributed by atoms with Crippen LogP contribution in [0.1, 0.15) is 18.4 Å². The van der Waals surface area contributed by atoms with E-state index in [1.54, 1.807) is 24.3 Å². The Morgan fingerprint density at radius 2 is 1.93 bits per heavy atom. The summed E-state index contributed by atoms with van der Waals surface area (Å²) in [6, 6.07) is 6.70. The van der Waals surface area contributed by atoms with E-state index in [-0.39, 0.29) is 18.0 Å². The predicted molar refractivity (Wildman–Crippen MR) is 52.1 cm³/mol. The third-order valence-electron chi connectivity index (χ3n) is 1.94. The number of ketones is 1. The maximum absolute atomic E-state index is 11.0. The highest BCUT2D eigenvalue weighted by atomic mass is 16.3. The first-order chi connectivity index (χ1) is 6.72. The van der Waals surface area contributed by atoms with Crippen molar-refractivity contribution in [2.45, 2.75) is 19.3 Å². The molecule has 0 aliphatic heterocycles. The highest BCUT2D eigenvalue weighted by Gasteiger charge is 2.01. The number of Topliss-reactive ketones (excluding diaryl/α,β-unsaturated/α-hetero) is 1. The Balaban J connectivity index is 2.41. The van der Waals surface area contributed by atoms with Gasteiger partial charge in [-0.25, -0.2) is 0 Å². The van der Waals surface area contributed by atoms with Crippen LogP contribution >= 0.6 is 0 Å². The summed E-state index contributed by atoms with van der Waals surface area (Å²) in [6.45, 7) is 0. The minimum atomic E-state index is -0.0481. The summed E-state index contributed by atoms with van der Waals surface area (Å²) in [5.74, 6) is 0.168. The van der Waals surface area contributed by atoms with Gasteiger partial charge in [0.1, 0.15) is 17.8 Å². The molecule has 0 radical (unpaired) electrons. The van der Waals surface area contributed by atoms with Crippen LogP contribution in [0.5, 0.6) is 5.75 Å². The maximum atomic E-state index is 11.0. The molecule has 1 aromatic rings. The largest absolute Gasteiger partial charge is 0.508 e. The van der Waals surface area contributed by atoms with Crippen molar-refractivity contribution in [1.29, 1.82) is 0 Å². The zero-order valence-electron chi connectivity index (χ0n) is 7.77. The Labute approximate surface area is 82.4 Å². The van der Waals surface area contributed by atoms with Crippen molar-refractivity contribution in [3.63, 3.8) is 0 Å². The second kappa shape index (κ2) is 5.17. The quantitative estimate of drug-likeness (QED) is 0.568. The van der Waals surface area contributed by atoms with Gasteiger partial charge in [-0.2, -0.15) is 0 Å². The van der Waals surface area contributed by atoms with Crippen LogP contribution in [0, 0.1) is 0 Å². The van der Waals surface area contributed by atoms with Crippen molar-refractivity contribution in [2.75, 3.05) is 0 Å². The van der Waals surface area contributed by atoms with Crippen LogP contribution in [0.25, 0.3) is 0 Å². The molecule has 0 aromatic heterocycles. The molecule has 0 saturated carbocycles. The van der Waals surface area contributed by atoms with Crippen LogP contribution in [-0.4, -0.2) is 17.2 Å². The van der Waals surface area contributed by atoms with E-state index in [0.717, 1.165) is 5.56 Å². The number of hydrogen-bond donors (Lipinski definition) is 1. The van der Waals surface area contributed by atoms with Gasteiger partial charge in [-0.1, -0.05) is 12.1 Å². The van der Waals surface area contributed by atoms with Gasteiger partial charge in [0.15, 0.2) is 0 Å². The number of hydrogen-bond acceptors (Lipinski definition) is 3. The van der Waals surface area contributed by atoms with E-state index in [4.69, 9.17) is 5.11 Å². The van der Waals surface area contributed by atoms with Crippen LogP contribution in [-0.2, 0) is 16.0 Å². The fourth-order valence-electron chi connectivity index (χ4n) is 1.14. The van der Waals surface area contributed by atoms with Crippen LogP contribution < -0.4 is 0 Å². The molecule has 3 nitrogen and oxygen atoms in total. The lowest BCUT2D eigenvalue weighted by Crippen LogP contribution is -2.00. The van der Waals surface area contributed by atoms with E-state index in [0.29, 0.717) is 19.1 Å². The van der Waals surface area contributed by atoms with Crippen LogP contribution in [0.4, 0.5) is 0 Å². The fraction of sp³-hybridized carbons (Fsp3) is 0.273. The van der Waals surface area contributed by atoms with Crippen molar-refractivity contribution < 1.29 is 14.7 Å². The standard InChI is InChI=1S/C11H12O3/c12-8-7-11(14)6-3-9-1-4-10(13)5-2-9/h1-2,4-5,8,13H,3,6-7H2. The van der Waals surface area contributed by atoms with E-state index in [2.05, 4.69) is 0 Å². The van der Waals surface area contributed by atoms with Crippen molar-refractivity contribution in [3.05, 3.63) is 29.8 Å². The van der Waals surface area contributed by atoms with E-state index in [1.165, 1.54) is 0 Å². The van der Waals surface area contributed by atoms with Gasteiger partial charge < -0.3 is 9.90 Å². The number of aromatic hydroxyl groups is 1. The minimum Gasteiger partial charge on any atom is -0.508 e. The molecule has 0 amide bonds. The van der Waals surface area contributed by atoms with Gasteiger partial charge >= 0.3 is 0 Å². The van der Waals surface area contributed by atoms with Crippen LogP contribution in [0.3, 0.4) is 0 Å². The summed E-state index contributed by atoms with van der Waals surface area (Å²) in [6.07, 6.45) is 1.62. The molecular formula is C11H12O3. The molecule has 0 fully saturated rings. The third-order valence-corrected chi connectivity index (χ3v) is 1.94. The van der Waals surface area contributed by atoms with Crippen molar-refractivity contribution in [2.24, 2.45) is 0 Å². The average molecular weight is 192 g/mol. The summed E-state index contributed by atoms with van der Waals surface area (Å²) in [4.78, 5) is 21.0. The van der Waals surface area contributed by atoms with Crippen LogP contribution in [0.2, 0.25) is 0 Å². The Bertz CT molecular complexity index is 314. The smallest absolute Gasteiger partial charge is 0.140 e. The summed E-state index contributed by atoms with van der Waals surface area (Å²) in [5.41, 5.74) is 0.988. The number of carbonyl (C=O) groups is 2. The highest BCUT2D eigenvalue weighted by molar-refractivity contribution is 5.89. The molecule has 0 aliphatic carbocycles. The molecule has 1 aromatic carbocycles. The normalized spacial score (nSPS) is 9.71. The molecule has 1 rings (SSSR count). The molecule has 0 unspecified atom stereocenters.